The monoisotopic (exact) mass is 902 g/mol. The van der Waals surface area contributed by atoms with Crippen molar-refractivity contribution in [2.45, 2.75) is 193 Å². The van der Waals surface area contributed by atoms with E-state index in [1.165, 1.54) is 83.5 Å². The number of hydrogen-bond acceptors (Lipinski definition) is 8. The largest absolute Gasteiger partial charge is 0.480 e. The number of nitrogens with two attached hydrogens (primary N) is 1. The Morgan fingerprint density at radius 1 is 0.524 bits per heavy atom. The zero-order valence-corrected chi connectivity index (χ0v) is 40.3. The van der Waals surface area contributed by atoms with Gasteiger partial charge in [0.25, 0.3) is 0 Å². The van der Waals surface area contributed by atoms with Crippen molar-refractivity contribution in [3.8, 4) is 0 Å². The maximum atomic E-state index is 12.7. The molecule has 0 bridgehead atoms. The van der Waals surface area contributed by atoms with Crippen molar-refractivity contribution in [1.29, 1.82) is 0 Å². The summed E-state index contributed by atoms with van der Waals surface area (Å²) in [4.78, 5) is 33.6. The third-order valence-corrected chi connectivity index (χ3v) is 10.8. The highest BCUT2D eigenvalue weighted by Gasteiger charge is 2.27. The van der Waals surface area contributed by atoms with Gasteiger partial charge < -0.3 is 25.2 Å². The van der Waals surface area contributed by atoms with Gasteiger partial charge in [-0.25, -0.2) is 4.57 Å². The molecule has 0 rings (SSSR count). The second-order valence-corrected chi connectivity index (χ2v) is 17.3. The van der Waals surface area contributed by atoms with Crippen molar-refractivity contribution in [3.05, 3.63) is 97.2 Å². The molecule has 63 heavy (non-hydrogen) atoms. The molecule has 0 heterocycles. The lowest BCUT2D eigenvalue weighted by Crippen LogP contribution is -2.34. The van der Waals surface area contributed by atoms with E-state index in [4.69, 9.17) is 29.4 Å². The molecule has 11 heteroatoms. The fourth-order valence-electron chi connectivity index (χ4n) is 6.12. The second kappa shape index (κ2) is 46.9. The SMILES string of the molecule is CC/C=C\C/C=C\C/C=C\C/C=C\C/C=C\C/C=C\C/C=C\CCCC(=O)OC(COCCCCCCCCCC/C=C\CCCCCCCC)COP(=O)(O)OCC(N)C(=O)O. The van der Waals surface area contributed by atoms with Crippen LogP contribution in [0, 0.1) is 0 Å². The van der Waals surface area contributed by atoms with Gasteiger partial charge in [-0.2, -0.15) is 0 Å². The summed E-state index contributed by atoms with van der Waals surface area (Å²) in [7, 11) is -4.64. The molecule has 0 saturated carbocycles. The molecule has 0 radical (unpaired) electrons. The summed E-state index contributed by atoms with van der Waals surface area (Å²) in [5, 5.41) is 8.92. The van der Waals surface area contributed by atoms with Gasteiger partial charge in [-0.3, -0.25) is 18.6 Å². The number of carboxylic acids is 1. The maximum absolute atomic E-state index is 12.7. The zero-order valence-electron chi connectivity index (χ0n) is 39.4. The Morgan fingerprint density at radius 3 is 1.40 bits per heavy atom. The molecule has 0 fully saturated rings. The summed E-state index contributed by atoms with van der Waals surface area (Å²) in [5.41, 5.74) is 5.36. The topological polar surface area (TPSA) is 155 Å². The molecular formula is C52H88NO9P. The first-order valence-corrected chi connectivity index (χ1v) is 25.8. The van der Waals surface area contributed by atoms with Crippen molar-refractivity contribution < 1.29 is 42.7 Å². The molecule has 0 amide bonds. The lowest BCUT2D eigenvalue weighted by molar-refractivity contribution is -0.154. The van der Waals surface area contributed by atoms with Gasteiger partial charge >= 0.3 is 19.8 Å². The number of carbonyl (C=O) groups excluding carboxylic acids is 1. The van der Waals surface area contributed by atoms with Gasteiger partial charge in [-0.05, 0) is 89.9 Å². The number of phosphoric acid groups is 1. The minimum absolute atomic E-state index is 0.0142. The third kappa shape index (κ3) is 46.7. The van der Waals surface area contributed by atoms with Crippen molar-refractivity contribution >= 4 is 19.8 Å². The van der Waals surface area contributed by atoms with Gasteiger partial charge in [0.2, 0.25) is 0 Å². The molecule has 0 spiro atoms. The Kier molecular flexibility index (Phi) is 44.6. The van der Waals surface area contributed by atoms with E-state index in [0.29, 0.717) is 19.4 Å². The Balaban J connectivity index is 4.33. The Bertz CT molecular complexity index is 1370. The van der Waals surface area contributed by atoms with E-state index >= 15 is 0 Å². The normalized spacial score (nSPS) is 14.6. The van der Waals surface area contributed by atoms with Crippen molar-refractivity contribution in [3.63, 3.8) is 0 Å². The third-order valence-electron chi connectivity index (χ3n) is 9.85. The molecule has 360 valence electrons. The molecule has 0 aromatic rings. The molecule has 0 aliphatic rings. The van der Waals surface area contributed by atoms with Crippen LogP contribution in [0.25, 0.3) is 0 Å². The summed E-state index contributed by atoms with van der Waals surface area (Å²) >= 11 is 0. The number of carbonyl (C=O) groups is 2. The smallest absolute Gasteiger partial charge is 0.472 e. The number of ether oxygens (including phenoxy) is 2. The predicted molar refractivity (Wildman–Crippen MR) is 263 cm³/mol. The molecule has 3 unspecified atom stereocenters. The van der Waals surface area contributed by atoms with E-state index in [1.807, 2.05) is 6.08 Å². The molecule has 4 N–H and O–H groups in total. The molecular weight excluding hydrogens is 814 g/mol. The first-order valence-electron chi connectivity index (χ1n) is 24.3. The van der Waals surface area contributed by atoms with Gasteiger partial charge in [0, 0.05) is 13.0 Å². The standard InChI is InChI=1S/C52H88NO9P/c1-3-5-7-9-11-13-15-17-19-21-23-24-25-26-27-28-30-32-34-36-38-40-42-44-51(54)62-49(47-60-63(57,58)61-48-50(53)52(55)56)46-59-45-43-41-39-37-35-33-31-29-22-20-18-16-14-12-10-8-6-4-2/h5,7,11,13,17-20,23-24,26-27,30,32,36,38,49-50H,3-4,6,8-10,12,14-16,21-22,25,28-29,31,33-35,37,39-48,53H2,1-2H3,(H,55,56)(H,57,58)/b7-5-,13-11-,19-17-,20-18-,24-23-,27-26-,32-30-,38-36-. The van der Waals surface area contributed by atoms with Crippen LogP contribution in [0.5, 0.6) is 0 Å². The molecule has 0 aromatic heterocycles. The molecule has 0 aliphatic carbocycles. The van der Waals surface area contributed by atoms with Crippen molar-refractivity contribution in [2.75, 3.05) is 26.4 Å². The van der Waals surface area contributed by atoms with Crippen LogP contribution in [0.1, 0.15) is 181 Å². The average molecular weight is 902 g/mol. The van der Waals surface area contributed by atoms with E-state index in [1.54, 1.807) is 0 Å². The number of carboxylic acid groups (broad SMARTS) is 1. The van der Waals surface area contributed by atoms with Crippen LogP contribution in [0.3, 0.4) is 0 Å². The lowest BCUT2D eigenvalue weighted by Gasteiger charge is -2.20. The van der Waals surface area contributed by atoms with Gasteiger partial charge in [-0.1, -0.05) is 182 Å². The molecule has 10 nitrogen and oxygen atoms in total. The Labute approximate surface area is 383 Å². The minimum Gasteiger partial charge on any atom is -0.480 e. The fraction of sp³-hybridized carbons (Fsp3) is 0.654. The van der Waals surface area contributed by atoms with Crippen molar-refractivity contribution in [1.82, 2.24) is 0 Å². The van der Waals surface area contributed by atoms with Crippen LogP contribution in [-0.4, -0.2) is 60.5 Å². The first kappa shape index (κ1) is 59.9. The fourth-order valence-corrected chi connectivity index (χ4v) is 6.89. The summed E-state index contributed by atoms with van der Waals surface area (Å²) in [5.74, 6) is -1.85. The summed E-state index contributed by atoms with van der Waals surface area (Å²) < 4.78 is 33.4. The molecule has 0 saturated heterocycles. The molecule has 3 atom stereocenters. The van der Waals surface area contributed by atoms with E-state index in [-0.39, 0.29) is 13.0 Å². The van der Waals surface area contributed by atoms with Crippen LogP contribution in [0.4, 0.5) is 0 Å². The lowest BCUT2D eigenvalue weighted by atomic mass is 10.1. The summed E-state index contributed by atoms with van der Waals surface area (Å²) in [6.45, 7) is 3.68. The highest BCUT2D eigenvalue weighted by molar-refractivity contribution is 7.47. The predicted octanol–water partition coefficient (Wildman–Crippen LogP) is 14.1. The summed E-state index contributed by atoms with van der Waals surface area (Å²) in [6, 6.07) is -1.49. The van der Waals surface area contributed by atoms with Gasteiger partial charge in [0.05, 0.1) is 19.8 Å². The number of rotatable bonds is 45. The van der Waals surface area contributed by atoms with E-state index in [0.717, 1.165) is 64.2 Å². The van der Waals surface area contributed by atoms with Crippen LogP contribution in [0.2, 0.25) is 0 Å². The van der Waals surface area contributed by atoms with E-state index < -0.39 is 45.1 Å². The number of allylic oxidation sites excluding steroid dienone is 16. The number of phosphoric ester groups is 1. The summed E-state index contributed by atoms with van der Waals surface area (Å²) in [6.07, 6.45) is 61.8. The molecule has 0 aliphatic heterocycles. The quantitative estimate of drug-likeness (QED) is 0.0233. The van der Waals surface area contributed by atoms with E-state index in [9.17, 15) is 19.0 Å². The van der Waals surface area contributed by atoms with Crippen LogP contribution >= 0.6 is 7.82 Å². The highest BCUT2D eigenvalue weighted by atomic mass is 31.2. The van der Waals surface area contributed by atoms with Crippen molar-refractivity contribution in [2.24, 2.45) is 5.73 Å². The van der Waals surface area contributed by atoms with Crippen LogP contribution in [0.15, 0.2) is 97.2 Å². The van der Waals surface area contributed by atoms with Gasteiger partial charge in [0.15, 0.2) is 0 Å². The second-order valence-electron chi connectivity index (χ2n) is 15.9. The Morgan fingerprint density at radius 2 is 0.921 bits per heavy atom. The average Bonchev–Trinajstić information content (AvgIpc) is 3.26. The van der Waals surface area contributed by atoms with Gasteiger partial charge in [0.1, 0.15) is 12.1 Å². The van der Waals surface area contributed by atoms with E-state index in [2.05, 4.69) is 105 Å². The maximum Gasteiger partial charge on any atom is 0.472 e. The van der Waals surface area contributed by atoms with Gasteiger partial charge in [-0.15, -0.1) is 0 Å². The first-order chi connectivity index (χ1) is 30.7. The minimum atomic E-state index is -4.64. The highest BCUT2D eigenvalue weighted by Crippen LogP contribution is 2.43. The number of unbranched alkanes of at least 4 members (excludes halogenated alkanes) is 15. The van der Waals surface area contributed by atoms with Crippen LogP contribution in [-0.2, 0) is 32.7 Å². The Hall–Kier alpha value is -3.11. The zero-order chi connectivity index (χ0) is 46.2. The number of hydrogen-bond donors (Lipinski definition) is 3. The molecule has 0 aromatic carbocycles. The van der Waals surface area contributed by atoms with Crippen LogP contribution < -0.4 is 5.73 Å². The number of aliphatic carboxylic acids is 1. The number of esters is 1.